The van der Waals surface area contributed by atoms with Crippen molar-refractivity contribution >= 4 is 32.7 Å². The van der Waals surface area contributed by atoms with Gasteiger partial charge in [0, 0.05) is 0 Å². The molecule has 0 radical (unpaired) electrons. The molecule has 4 aromatic rings. The zero-order chi connectivity index (χ0) is 14.9. The molecule has 0 unspecified atom stereocenters. The first-order valence-electron chi connectivity index (χ1n) is 7.15. The summed E-state index contributed by atoms with van der Waals surface area (Å²) >= 11 is 1.74. The molecule has 0 fully saturated rings. The first kappa shape index (κ1) is 13.4. The van der Waals surface area contributed by atoms with E-state index in [1.54, 1.807) is 11.3 Å². The molecule has 5 heteroatoms. The highest BCUT2D eigenvalue weighted by Crippen LogP contribution is 2.23. The van der Waals surface area contributed by atoms with E-state index < -0.39 is 0 Å². The minimum absolute atomic E-state index is 0.671. The highest BCUT2D eigenvalue weighted by atomic mass is 32.1. The van der Waals surface area contributed by atoms with Crippen LogP contribution in [0, 0.1) is 0 Å². The lowest BCUT2D eigenvalue weighted by atomic mass is 10.3. The molecule has 0 atom stereocenters. The average Bonchev–Trinajstić information content (AvgIpc) is 3.08. The number of fused-ring (bicyclic) bond motifs is 2. The second kappa shape index (κ2) is 5.51. The normalized spacial score (nSPS) is 11.7. The molecular weight excluding hydrogens is 294 g/mol. The van der Waals surface area contributed by atoms with Gasteiger partial charge in [-0.25, -0.2) is 9.97 Å². The summed E-state index contributed by atoms with van der Waals surface area (Å²) in [7, 11) is 2.06. The third-order valence-corrected chi connectivity index (χ3v) is 4.51. The molecule has 0 aliphatic carbocycles. The van der Waals surface area contributed by atoms with Crippen molar-refractivity contribution in [3.8, 4) is 0 Å². The molecule has 110 valence electrons. The van der Waals surface area contributed by atoms with Crippen LogP contribution < -0.4 is 0 Å². The summed E-state index contributed by atoms with van der Waals surface area (Å²) in [6.45, 7) is 1.46. The first-order chi connectivity index (χ1) is 10.8. The Labute approximate surface area is 132 Å². The van der Waals surface area contributed by atoms with Crippen LogP contribution in [0.5, 0.6) is 0 Å². The smallest absolute Gasteiger partial charge is 0.209 e. The van der Waals surface area contributed by atoms with Gasteiger partial charge in [-0.3, -0.25) is 4.90 Å². The molecule has 0 amide bonds. The lowest BCUT2D eigenvalue weighted by Crippen LogP contribution is -2.17. The Hall–Kier alpha value is -2.24. The van der Waals surface area contributed by atoms with Gasteiger partial charge in [-0.2, -0.15) is 0 Å². The minimum atomic E-state index is 0.671. The van der Waals surface area contributed by atoms with Crippen LogP contribution in [0.3, 0.4) is 0 Å². The molecule has 0 saturated carbocycles. The van der Waals surface area contributed by atoms with Crippen LogP contribution in [-0.2, 0) is 13.1 Å². The summed E-state index contributed by atoms with van der Waals surface area (Å²) in [6.07, 6.45) is 0. The number of benzene rings is 2. The van der Waals surface area contributed by atoms with E-state index in [9.17, 15) is 0 Å². The lowest BCUT2D eigenvalue weighted by molar-refractivity contribution is 0.285. The number of thiazole rings is 1. The minimum Gasteiger partial charge on any atom is -0.439 e. The number of aromatic nitrogens is 2. The number of rotatable bonds is 4. The van der Waals surface area contributed by atoms with Gasteiger partial charge < -0.3 is 4.42 Å². The van der Waals surface area contributed by atoms with Crippen molar-refractivity contribution in [1.82, 2.24) is 14.9 Å². The van der Waals surface area contributed by atoms with Crippen LogP contribution in [0.1, 0.15) is 10.9 Å². The van der Waals surface area contributed by atoms with Crippen molar-refractivity contribution in [1.29, 1.82) is 0 Å². The molecule has 0 aliphatic rings. The van der Waals surface area contributed by atoms with E-state index in [2.05, 4.69) is 34.0 Å². The summed E-state index contributed by atoms with van der Waals surface area (Å²) in [4.78, 5) is 11.3. The highest BCUT2D eigenvalue weighted by Gasteiger charge is 2.11. The average molecular weight is 309 g/mol. The quantitative estimate of drug-likeness (QED) is 0.570. The fraction of sp³-hybridized carbons (Fsp3) is 0.176. The van der Waals surface area contributed by atoms with Crippen LogP contribution in [0.4, 0.5) is 0 Å². The van der Waals surface area contributed by atoms with E-state index in [4.69, 9.17) is 4.42 Å². The van der Waals surface area contributed by atoms with E-state index in [0.717, 1.165) is 34.1 Å². The Morgan fingerprint density at radius 1 is 0.955 bits per heavy atom. The molecule has 2 aromatic heterocycles. The molecule has 22 heavy (non-hydrogen) atoms. The van der Waals surface area contributed by atoms with Gasteiger partial charge in [0.2, 0.25) is 5.89 Å². The topological polar surface area (TPSA) is 42.2 Å². The number of hydrogen-bond acceptors (Lipinski definition) is 5. The zero-order valence-electron chi connectivity index (χ0n) is 12.2. The van der Waals surface area contributed by atoms with Crippen LogP contribution >= 0.6 is 11.3 Å². The number of hydrogen-bond donors (Lipinski definition) is 0. The predicted molar refractivity (Wildman–Crippen MR) is 88.8 cm³/mol. The molecule has 0 spiro atoms. The van der Waals surface area contributed by atoms with Crippen LogP contribution in [0.15, 0.2) is 52.9 Å². The third kappa shape index (κ3) is 2.61. The van der Waals surface area contributed by atoms with Crippen molar-refractivity contribution in [3.63, 3.8) is 0 Å². The number of para-hydroxylation sites is 3. The Balaban J connectivity index is 1.50. The highest BCUT2D eigenvalue weighted by molar-refractivity contribution is 7.18. The fourth-order valence-electron chi connectivity index (χ4n) is 2.49. The summed E-state index contributed by atoms with van der Waals surface area (Å²) in [5.41, 5.74) is 2.81. The van der Waals surface area contributed by atoms with E-state index in [0.29, 0.717) is 6.54 Å². The second-order valence-corrected chi connectivity index (χ2v) is 6.44. The molecule has 4 nitrogen and oxygen atoms in total. The van der Waals surface area contributed by atoms with Gasteiger partial charge >= 0.3 is 0 Å². The molecule has 2 aromatic carbocycles. The van der Waals surface area contributed by atoms with E-state index >= 15 is 0 Å². The molecule has 0 aliphatic heterocycles. The maximum atomic E-state index is 5.77. The Bertz CT molecular complexity index is 786. The Kier molecular flexibility index (Phi) is 3.36. The molecule has 0 saturated heterocycles. The fourth-order valence-corrected chi connectivity index (χ4v) is 3.54. The van der Waals surface area contributed by atoms with Gasteiger partial charge in [0.15, 0.2) is 5.58 Å². The Morgan fingerprint density at radius 2 is 1.73 bits per heavy atom. The Morgan fingerprint density at radius 3 is 2.55 bits per heavy atom. The van der Waals surface area contributed by atoms with Gasteiger partial charge in [-0.05, 0) is 31.3 Å². The summed E-state index contributed by atoms with van der Waals surface area (Å²) in [5.74, 6) is 0.741. The van der Waals surface area contributed by atoms with E-state index in [1.165, 1.54) is 4.70 Å². The summed E-state index contributed by atoms with van der Waals surface area (Å²) in [5, 5.41) is 1.11. The summed E-state index contributed by atoms with van der Waals surface area (Å²) in [6, 6.07) is 16.1. The van der Waals surface area contributed by atoms with Gasteiger partial charge in [0.05, 0.1) is 23.3 Å². The van der Waals surface area contributed by atoms with Gasteiger partial charge in [-0.15, -0.1) is 11.3 Å². The molecule has 4 rings (SSSR count). The van der Waals surface area contributed by atoms with Gasteiger partial charge in [0.1, 0.15) is 10.5 Å². The van der Waals surface area contributed by atoms with Crippen molar-refractivity contribution in [2.24, 2.45) is 0 Å². The van der Waals surface area contributed by atoms with Crippen LogP contribution in [0.2, 0.25) is 0 Å². The SMILES string of the molecule is CN(Cc1nc2ccccc2o1)Cc1nc2ccccc2s1. The van der Waals surface area contributed by atoms with E-state index in [-0.39, 0.29) is 0 Å². The molecule has 0 N–H and O–H groups in total. The maximum absolute atomic E-state index is 5.77. The first-order valence-corrected chi connectivity index (χ1v) is 7.97. The van der Waals surface area contributed by atoms with Crippen molar-refractivity contribution in [2.75, 3.05) is 7.05 Å². The largest absolute Gasteiger partial charge is 0.439 e. The lowest BCUT2D eigenvalue weighted by Gasteiger charge is -2.11. The maximum Gasteiger partial charge on any atom is 0.209 e. The molecule has 0 bridgehead atoms. The van der Waals surface area contributed by atoms with Crippen molar-refractivity contribution in [2.45, 2.75) is 13.1 Å². The monoisotopic (exact) mass is 309 g/mol. The van der Waals surface area contributed by atoms with Crippen molar-refractivity contribution in [3.05, 3.63) is 59.4 Å². The standard InChI is InChI=1S/C17H15N3OS/c1-20(10-16-18-12-6-2-4-8-14(12)21-16)11-17-19-13-7-3-5-9-15(13)22-17/h2-9H,10-11H2,1H3. The molecular formula is C17H15N3OS. The number of nitrogens with zero attached hydrogens (tertiary/aromatic N) is 3. The van der Waals surface area contributed by atoms with Gasteiger partial charge in [-0.1, -0.05) is 24.3 Å². The third-order valence-electron chi connectivity index (χ3n) is 3.49. The predicted octanol–water partition coefficient (Wildman–Crippen LogP) is 4.07. The van der Waals surface area contributed by atoms with Crippen molar-refractivity contribution < 1.29 is 4.42 Å². The zero-order valence-corrected chi connectivity index (χ0v) is 13.0. The van der Waals surface area contributed by atoms with E-state index in [1.807, 2.05) is 36.4 Å². The number of oxazole rings is 1. The van der Waals surface area contributed by atoms with Crippen LogP contribution in [-0.4, -0.2) is 21.9 Å². The summed E-state index contributed by atoms with van der Waals surface area (Å²) < 4.78 is 6.99. The van der Waals surface area contributed by atoms with Gasteiger partial charge in [0.25, 0.3) is 0 Å². The molecule has 2 heterocycles. The van der Waals surface area contributed by atoms with Crippen LogP contribution in [0.25, 0.3) is 21.3 Å². The second-order valence-electron chi connectivity index (χ2n) is 5.32.